The summed E-state index contributed by atoms with van der Waals surface area (Å²) in [4.78, 5) is 22.6. The second-order valence-electron chi connectivity index (χ2n) is 10.1. The van der Waals surface area contributed by atoms with Gasteiger partial charge in [-0.15, -0.1) is 0 Å². The Morgan fingerprint density at radius 3 is 2.00 bits per heavy atom. The minimum atomic E-state index is 0.313. The highest BCUT2D eigenvalue weighted by molar-refractivity contribution is 5.49. The lowest BCUT2D eigenvalue weighted by Crippen LogP contribution is -2.37. The second kappa shape index (κ2) is 21.5. The molecule has 6 heteroatoms. The summed E-state index contributed by atoms with van der Waals surface area (Å²) in [6.45, 7) is 8.11. The quantitative estimate of drug-likeness (QED) is 0.262. The van der Waals surface area contributed by atoms with E-state index in [0.717, 1.165) is 83.8 Å². The van der Waals surface area contributed by atoms with Crippen molar-refractivity contribution in [3.8, 4) is 0 Å². The molecule has 2 unspecified atom stereocenters. The summed E-state index contributed by atoms with van der Waals surface area (Å²) >= 11 is 0. The van der Waals surface area contributed by atoms with Crippen LogP contribution >= 0.6 is 0 Å². The van der Waals surface area contributed by atoms with E-state index < -0.39 is 0 Å². The Bertz CT molecular complexity index is 801. The Morgan fingerprint density at radius 1 is 0.919 bits per heavy atom. The minimum absolute atomic E-state index is 0.313. The number of nitrogens with two attached hydrogens (primary N) is 1. The van der Waals surface area contributed by atoms with Crippen molar-refractivity contribution in [3.63, 3.8) is 0 Å². The molecule has 37 heavy (non-hydrogen) atoms. The normalized spacial score (nSPS) is 15.6. The first-order chi connectivity index (χ1) is 18.0. The van der Waals surface area contributed by atoms with Crippen molar-refractivity contribution in [2.45, 2.75) is 70.9 Å². The van der Waals surface area contributed by atoms with Gasteiger partial charge in [0.15, 0.2) is 0 Å². The van der Waals surface area contributed by atoms with E-state index in [-0.39, 0.29) is 0 Å². The molecular formula is C31H50N4O2. The zero-order chi connectivity index (χ0) is 27.1. The standard InChI is InChI=1S/C16H25N3O.C9H13N.C6H12O/c17-15-9-11-19(12-15)16(8-10-18-13-20)7-6-14-4-2-1-3-5-14;1-10-8-7-9-5-3-2-4-6-9;1-6(2)4-3-5-7/h1-5,13,15-16H,6-12,17H2,(H,18,20);2-6,10H,7-8H2,1H3;5-6H,3-4H2,1-2H3. The third-order valence-corrected chi connectivity index (χ3v) is 6.46. The molecule has 0 saturated carbocycles. The molecule has 1 aliphatic heterocycles. The number of aldehydes is 1. The van der Waals surface area contributed by atoms with E-state index in [9.17, 15) is 9.59 Å². The minimum Gasteiger partial charge on any atom is -0.359 e. The maximum atomic E-state index is 10.4. The number of amides is 1. The third kappa shape index (κ3) is 16.8. The van der Waals surface area contributed by atoms with Gasteiger partial charge < -0.3 is 21.2 Å². The highest BCUT2D eigenvalue weighted by Gasteiger charge is 2.25. The molecule has 0 radical (unpaired) electrons. The van der Waals surface area contributed by atoms with E-state index in [0.29, 0.717) is 18.0 Å². The van der Waals surface area contributed by atoms with Crippen LogP contribution in [-0.4, -0.2) is 62.9 Å². The predicted molar refractivity (Wildman–Crippen MR) is 156 cm³/mol. The maximum Gasteiger partial charge on any atom is 0.207 e. The molecule has 1 aliphatic rings. The molecule has 1 saturated heterocycles. The van der Waals surface area contributed by atoms with Gasteiger partial charge in [0.1, 0.15) is 6.29 Å². The average Bonchev–Trinajstić information content (AvgIpc) is 3.36. The Kier molecular flexibility index (Phi) is 18.9. The second-order valence-corrected chi connectivity index (χ2v) is 10.1. The van der Waals surface area contributed by atoms with E-state index in [4.69, 9.17) is 5.73 Å². The number of nitrogens with zero attached hydrogens (tertiary/aromatic N) is 1. The zero-order valence-corrected chi connectivity index (χ0v) is 23.3. The molecule has 0 bridgehead atoms. The van der Waals surface area contributed by atoms with Crippen LogP contribution in [0.25, 0.3) is 0 Å². The van der Waals surface area contributed by atoms with Crippen molar-refractivity contribution in [1.82, 2.24) is 15.5 Å². The molecule has 0 spiro atoms. The fourth-order valence-corrected chi connectivity index (χ4v) is 4.26. The van der Waals surface area contributed by atoms with Crippen LogP contribution in [0, 0.1) is 5.92 Å². The number of hydrogen-bond acceptors (Lipinski definition) is 5. The summed E-state index contributed by atoms with van der Waals surface area (Å²) in [5.74, 6) is 0.671. The highest BCUT2D eigenvalue weighted by atomic mass is 16.1. The number of carbonyl (C=O) groups excluding carboxylic acids is 2. The Morgan fingerprint density at radius 2 is 1.54 bits per heavy atom. The largest absolute Gasteiger partial charge is 0.359 e. The van der Waals surface area contributed by atoms with E-state index in [1.165, 1.54) is 11.1 Å². The fourth-order valence-electron chi connectivity index (χ4n) is 4.26. The van der Waals surface area contributed by atoms with Crippen molar-refractivity contribution in [2.75, 3.05) is 33.2 Å². The highest BCUT2D eigenvalue weighted by Crippen LogP contribution is 2.18. The van der Waals surface area contributed by atoms with Gasteiger partial charge in [0.25, 0.3) is 0 Å². The van der Waals surface area contributed by atoms with Crippen molar-refractivity contribution in [2.24, 2.45) is 11.7 Å². The van der Waals surface area contributed by atoms with Gasteiger partial charge in [-0.25, -0.2) is 0 Å². The molecule has 2 atom stereocenters. The fraction of sp³-hybridized carbons (Fsp3) is 0.548. The van der Waals surface area contributed by atoms with Crippen LogP contribution in [0.2, 0.25) is 0 Å². The maximum absolute atomic E-state index is 10.4. The Hall–Kier alpha value is -2.54. The smallest absolute Gasteiger partial charge is 0.207 e. The van der Waals surface area contributed by atoms with Crippen molar-refractivity contribution in [3.05, 3.63) is 71.8 Å². The molecule has 206 valence electrons. The lowest BCUT2D eigenvalue weighted by molar-refractivity contribution is -0.109. The van der Waals surface area contributed by atoms with E-state index in [1.54, 1.807) is 0 Å². The molecule has 2 aromatic carbocycles. The summed E-state index contributed by atoms with van der Waals surface area (Å²) in [7, 11) is 1.98. The van der Waals surface area contributed by atoms with E-state index >= 15 is 0 Å². The molecule has 4 N–H and O–H groups in total. The molecule has 0 aliphatic carbocycles. The van der Waals surface area contributed by atoms with Gasteiger partial charge in [-0.2, -0.15) is 0 Å². The van der Waals surface area contributed by atoms with Crippen LogP contribution in [-0.2, 0) is 22.4 Å². The number of aryl methyl sites for hydroxylation is 1. The topological polar surface area (TPSA) is 87.5 Å². The van der Waals surface area contributed by atoms with Crippen molar-refractivity contribution in [1.29, 1.82) is 0 Å². The first-order valence-electron chi connectivity index (χ1n) is 13.8. The van der Waals surface area contributed by atoms with Crippen LogP contribution in [0.1, 0.15) is 57.1 Å². The zero-order valence-electron chi connectivity index (χ0n) is 23.3. The first-order valence-corrected chi connectivity index (χ1v) is 13.8. The molecule has 1 heterocycles. The molecule has 2 aromatic rings. The lowest BCUT2D eigenvalue weighted by Gasteiger charge is -2.28. The van der Waals surface area contributed by atoms with Crippen LogP contribution in [0.4, 0.5) is 0 Å². The third-order valence-electron chi connectivity index (χ3n) is 6.46. The predicted octanol–water partition coefficient (Wildman–Crippen LogP) is 4.23. The monoisotopic (exact) mass is 510 g/mol. The molecule has 1 amide bonds. The first kappa shape index (κ1) is 32.5. The van der Waals surface area contributed by atoms with Gasteiger partial charge in [-0.3, -0.25) is 9.69 Å². The SMILES string of the molecule is CC(C)CCC=O.CNCCc1ccccc1.NC1CCN(C(CCNC=O)CCc2ccccc2)C1. The summed E-state index contributed by atoms with van der Waals surface area (Å²) in [6, 6.07) is 21.9. The molecule has 0 aromatic heterocycles. The number of nitrogens with one attached hydrogen (secondary N) is 2. The van der Waals surface area contributed by atoms with Gasteiger partial charge in [0, 0.05) is 38.1 Å². The molecule has 1 fully saturated rings. The number of likely N-dealkylation sites (N-methyl/N-ethyl adjacent to an activating group) is 1. The van der Waals surface area contributed by atoms with Crippen LogP contribution < -0.4 is 16.4 Å². The van der Waals surface area contributed by atoms with Crippen molar-refractivity contribution >= 4 is 12.7 Å². The molecular weight excluding hydrogens is 460 g/mol. The van der Waals surface area contributed by atoms with Gasteiger partial charge in [-0.05, 0) is 69.2 Å². The molecule has 6 nitrogen and oxygen atoms in total. The van der Waals surface area contributed by atoms with Crippen LogP contribution in [0.3, 0.4) is 0 Å². The molecule has 3 rings (SSSR count). The van der Waals surface area contributed by atoms with Crippen LogP contribution in [0.15, 0.2) is 60.7 Å². The van der Waals surface area contributed by atoms with Gasteiger partial charge in [-0.1, -0.05) is 74.5 Å². The van der Waals surface area contributed by atoms with Gasteiger partial charge >= 0.3 is 0 Å². The van der Waals surface area contributed by atoms with E-state index in [2.05, 4.69) is 84.0 Å². The Balaban J connectivity index is 0.000000334. The number of benzene rings is 2. The number of rotatable bonds is 14. The summed E-state index contributed by atoms with van der Waals surface area (Å²) in [5.41, 5.74) is 8.79. The van der Waals surface area contributed by atoms with Crippen molar-refractivity contribution < 1.29 is 9.59 Å². The summed E-state index contributed by atoms with van der Waals surface area (Å²) in [5, 5.41) is 5.89. The summed E-state index contributed by atoms with van der Waals surface area (Å²) in [6.07, 6.45) is 8.92. The number of carbonyl (C=O) groups is 2. The Labute approximate surface area is 225 Å². The summed E-state index contributed by atoms with van der Waals surface area (Å²) < 4.78 is 0. The van der Waals surface area contributed by atoms with Gasteiger partial charge in [0.05, 0.1) is 0 Å². The average molecular weight is 511 g/mol. The van der Waals surface area contributed by atoms with Crippen LogP contribution in [0.5, 0.6) is 0 Å². The lowest BCUT2D eigenvalue weighted by atomic mass is 10.0. The number of hydrogen-bond donors (Lipinski definition) is 3. The van der Waals surface area contributed by atoms with Gasteiger partial charge in [0.2, 0.25) is 6.41 Å². The van der Waals surface area contributed by atoms with E-state index in [1.807, 2.05) is 13.1 Å². The number of likely N-dealkylation sites (tertiary alicyclic amines) is 1.